The molecule has 1 fully saturated rings. The first kappa shape index (κ1) is 15.1. The number of rotatable bonds is 4. The van der Waals surface area contributed by atoms with Crippen LogP contribution in [0, 0.1) is 6.92 Å². The molecule has 0 N–H and O–H groups in total. The molecule has 0 radical (unpaired) electrons. The van der Waals surface area contributed by atoms with Crippen LogP contribution in [-0.4, -0.2) is 64.1 Å². The number of piperazine rings is 1. The number of nitrogens with zero attached hydrogens (tertiary/aromatic N) is 5. The van der Waals surface area contributed by atoms with E-state index in [1.165, 1.54) is 0 Å². The summed E-state index contributed by atoms with van der Waals surface area (Å²) < 4.78 is 1.77. The zero-order valence-corrected chi connectivity index (χ0v) is 13.3. The maximum absolute atomic E-state index is 12.3. The quantitative estimate of drug-likeness (QED) is 0.833. The van der Waals surface area contributed by atoms with Crippen LogP contribution in [0.25, 0.3) is 11.2 Å². The van der Waals surface area contributed by atoms with Crippen LogP contribution in [-0.2, 0) is 6.54 Å². The predicted molar refractivity (Wildman–Crippen MR) is 87.1 cm³/mol. The van der Waals surface area contributed by atoms with Crippen molar-refractivity contribution in [3.63, 3.8) is 0 Å². The second-order valence-corrected chi connectivity index (χ2v) is 6.00. The Labute approximate surface area is 130 Å². The standard InChI is InChI=1S/C16H23N5O/c1-13-16(22)21(15-14(18-13)5-3-6-17-15)8-4-7-20-11-9-19(2)10-12-20/h3,5-6H,4,7-12H2,1-2H3. The van der Waals surface area contributed by atoms with E-state index in [1.54, 1.807) is 17.7 Å². The fourth-order valence-corrected chi connectivity index (χ4v) is 2.94. The van der Waals surface area contributed by atoms with E-state index in [2.05, 4.69) is 26.8 Å². The molecule has 0 atom stereocenters. The maximum atomic E-state index is 12.3. The number of likely N-dealkylation sites (N-methyl/N-ethyl adjacent to an activating group) is 1. The summed E-state index contributed by atoms with van der Waals surface area (Å²) in [6.07, 6.45) is 2.68. The SMILES string of the molecule is Cc1nc2cccnc2n(CCCN2CCN(C)CC2)c1=O. The first-order valence-electron chi connectivity index (χ1n) is 7.88. The van der Waals surface area contributed by atoms with Crippen LogP contribution in [0.15, 0.2) is 23.1 Å². The number of hydrogen-bond donors (Lipinski definition) is 0. The molecule has 0 aromatic carbocycles. The predicted octanol–water partition coefficient (Wildman–Crippen LogP) is 0.737. The van der Waals surface area contributed by atoms with Crippen molar-refractivity contribution in [2.24, 2.45) is 0 Å². The Hall–Kier alpha value is -1.79. The topological polar surface area (TPSA) is 54.3 Å². The maximum Gasteiger partial charge on any atom is 0.273 e. The van der Waals surface area contributed by atoms with Gasteiger partial charge < -0.3 is 9.80 Å². The molecular weight excluding hydrogens is 278 g/mol. The van der Waals surface area contributed by atoms with Gasteiger partial charge in [-0.25, -0.2) is 9.97 Å². The van der Waals surface area contributed by atoms with Gasteiger partial charge in [0.05, 0.1) is 0 Å². The molecule has 3 rings (SSSR count). The fourth-order valence-electron chi connectivity index (χ4n) is 2.94. The summed E-state index contributed by atoms with van der Waals surface area (Å²) in [7, 11) is 2.16. The molecule has 0 amide bonds. The smallest absolute Gasteiger partial charge is 0.273 e. The Balaban J connectivity index is 1.71. The van der Waals surface area contributed by atoms with Crippen molar-refractivity contribution in [2.75, 3.05) is 39.8 Å². The lowest BCUT2D eigenvalue weighted by atomic mass is 10.3. The number of hydrogen-bond acceptors (Lipinski definition) is 5. The summed E-state index contributed by atoms with van der Waals surface area (Å²) in [5.74, 6) is 0. The van der Waals surface area contributed by atoms with Gasteiger partial charge in [-0.1, -0.05) is 0 Å². The summed E-state index contributed by atoms with van der Waals surface area (Å²) in [4.78, 5) is 25.8. The van der Waals surface area contributed by atoms with Crippen LogP contribution in [0.3, 0.4) is 0 Å². The Morgan fingerprint density at radius 3 is 2.73 bits per heavy atom. The highest BCUT2D eigenvalue weighted by Crippen LogP contribution is 2.08. The van der Waals surface area contributed by atoms with E-state index < -0.39 is 0 Å². The molecule has 2 aromatic rings. The highest BCUT2D eigenvalue weighted by Gasteiger charge is 2.14. The molecule has 118 valence electrons. The summed E-state index contributed by atoms with van der Waals surface area (Å²) in [6.45, 7) is 7.96. The molecule has 0 aliphatic carbocycles. The number of aromatic nitrogens is 3. The van der Waals surface area contributed by atoms with E-state index in [-0.39, 0.29) is 5.56 Å². The average molecular weight is 301 g/mol. The minimum absolute atomic E-state index is 0.0235. The van der Waals surface area contributed by atoms with Crippen molar-refractivity contribution in [1.82, 2.24) is 24.3 Å². The molecule has 3 heterocycles. The largest absolute Gasteiger partial charge is 0.304 e. The van der Waals surface area contributed by atoms with Crippen molar-refractivity contribution < 1.29 is 0 Å². The monoisotopic (exact) mass is 301 g/mol. The third kappa shape index (κ3) is 3.18. The first-order valence-corrected chi connectivity index (χ1v) is 7.88. The van der Waals surface area contributed by atoms with Gasteiger partial charge in [-0.05, 0) is 39.1 Å². The molecule has 1 saturated heterocycles. The highest BCUT2D eigenvalue weighted by atomic mass is 16.1. The van der Waals surface area contributed by atoms with E-state index in [0.29, 0.717) is 17.9 Å². The Morgan fingerprint density at radius 1 is 1.18 bits per heavy atom. The van der Waals surface area contributed by atoms with E-state index in [1.807, 2.05) is 12.1 Å². The molecule has 0 spiro atoms. The van der Waals surface area contributed by atoms with Gasteiger partial charge in [-0.3, -0.25) is 9.36 Å². The Kier molecular flexibility index (Phi) is 4.49. The average Bonchev–Trinajstić information content (AvgIpc) is 2.53. The van der Waals surface area contributed by atoms with E-state index in [0.717, 1.165) is 44.7 Å². The van der Waals surface area contributed by atoms with Gasteiger partial charge in [0.2, 0.25) is 0 Å². The molecule has 2 aromatic heterocycles. The van der Waals surface area contributed by atoms with Gasteiger partial charge in [0.1, 0.15) is 11.2 Å². The minimum atomic E-state index is -0.0235. The summed E-state index contributed by atoms with van der Waals surface area (Å²) in [5.41, 5.74) is 2.00. The van der Waals surface area contributed by atoms with Gasteiger partial charge in [-0.15, -0.1) is 0 Å². The lowest BCUT2D eigenvalue weighted by molar-refractivity contribution is 0.151. The zero-order chi connectivity index (χ0) is 15.5. The van der Waals surface area contributed by atoms with Gasteiger partial charge in [-0.2, -0.15) is 0 Å². The highest BCUT2D eigenvalue weighted by molar-refractivity contribution is 5.69. The van der Waals surface area contributed by atoms with E-state index in [9.17, 15) is 4.79 Å². The van der Waals surface area contributed by atoms with E-state index in [4.69, 9.17) is 0 Å². The number of fused-ring (bicyclic) bond motifs is 1. The van der Waals surface area contributed by atoms with Crippen LogP contribution in [0.2, 0.25) is 0 Å². The van der Waals surface area contributed by atoms with Crippen molar-refractivity contribution >= 4 is 11.2 Å². The van der Waals surface area contributed by atoms with Gasteiger partial charge in [0, 0.05) is 38.9 Å². The van der Waals surface area contributed by atoms with Crippen LogP contribution in [0.5, 0.6) is 0 Å². The Morgan fingerprint density at radius 2 is 1.95 bits per heavy atom. The van der Waals surface area contributed by atoms with Crippen molar-refractivity contribution in [3.8, 4) is 0 Å². The van der Waals surface area contributed by atoms with Crippen molar-refractivity contribution in [3.05, 3.63) is 34.4 Å². The normalized spacial score (nSPS) is 17.2. The van der Waals surface area contributed by atoms with E-state index >= 15 is 0 Å². The van der Waals surface area contributed by atoms with Crippen molar-refractivity contribution in [2.45, 2.75) is 19.9 Å². The number of aryl methyl sites for hydroxylation is 2. The molecule has 6 nitrogen and oxygen atoms in total. The van der Waals surface area contributed by atoms with Gasteiger partial charge in [0.25, 0.3) is 5.56 Å². The molecule has 0 saturated carbocycles. The fraction of sp³-hybridized carbons (Fsp3) is 0.562. The first-order chi connectivity index (χ1) is 10.6. The second kappa shape index (κ2) is 6.54. The summed E-state index contributed by atoms with van der Waals surface area (Å²) in [6, 6.07) is 3.76. The summed E-state index contributed by atoms with van der Waals surface area (Å²) >= 11 is 0. The third-order valence-corrected chi connectivity index (χ3v) is 4.32. The molecule has 1 aliphatic heterocycles. The molecule has 0 unspecified atom stereocenters. The minimum Gasteiger partial charge on any atom is -0.304 e. The Bertz CT molecular complexity index is 703. The third-order valence-electron chi connectivity index (χ3n) is 4.32. The number of pyridine rings is 1. The lowest BCUT2D eigenvalue weighted by Crippen LogP contribution is -2.44. The lowest BCUT2D eigenvalue weighted by Gasteiger charge is -2.32. The molecular formula is C16H23N5O. The summed E-state index contributed by atoms with van der Waals surface area (Å²) in [5, 5.41) is 0. The second-order valence-electron chi connectivity index (χ2n) is 6.00. The van der Waals surface area contributed by atoms with Gasteiger partial charge >= 0.3 is 0 Å². The molecule has 1 aliphatic rings. The molecule has 22 heavy (non-hydrogen) atoms. The van der Waals surface area contributed by atoms with Crippen LogP contribution >= 0.6 is 0 Å². The molecule has 0 bridgehead atoms. The zero-order valence-electron chi connectivity index (χ0n) is 13.3. The molecule has 6 heteroatoms. The van der Waals surface area contributed by atoms with Crippen LogP contribution in [0.4, 0.5) is 0 Å². The van der Waals surface area contributed by atoms with Gasteiger partial charge in [0.15, 0.2) is 5.65 Å². The van der Waals surface area contributed by atoms with Crippen molar-refractivity contribution in [1.29, 1.82) is 0 Å². The van der Waals surface area contributed by atoms with Crippen LogP contribution in [0.1, 0.15) is 12.1 Å². The van der Waals surface area contributed by atoms with Crippen LogP contribution < -0.4 is 5.56 Å².